The third kappa shape index (κ3) is 3.81. The van der Waals surface area contributed by atoms with Gasteiger partial charge in [-0.2, -0.15) is 0 Å². The standard InChI is InChI=1S/C14H20N2O4S/c1-10-3-6-13(21(15,18)19)12(9-10)14(17)16(7-8-20-2)11-4-5-11/h3,6,9,11H,4-5,7-8H2,1-2H3,(H2,15,18,19). The molecule has 0 saturated heterocycles. The summed E-state index contributed by atoms with van der Waals surface area (Å²) < 4.78 is 28.4. The molecule has 0 heterocycles. The normalized spacial score (nSPS) is 15.0. The lowest BCUT2D eigenvalue weighted by molar-refractivity contribution is 0.0676. The van der Waals surface area contributed by atoms with Gasteiger partial charge in [-0.25, -0.2) is 13.6 Å². The predicted octanol–water partition coefficient (Wildman–Crippen LogP) is 0.893. The number of amides is 1. The fourth-order valence-electron chi connectivity index (χ4n) is 2.24. The Kier molecular flexibility index (Phi) is 4.65. The molecule has 2 N–H and O–H groups in total. The largest absolute Gasteiger partial charge is 0.383 e. The summed E-state index contributed by atoms with van der Waals surface area (Å²) in [6.07, 6.45) is 1.87. The van der Waals surface area contributed by atoms with E-state index >= 15 is 0 Å². The summed E-state index contributed by atoms with van der Waals surface area (Å²) in [5.74, 6) is -0.303. The van der Waals surface area contributed by atoms with Crippen LogP contribution in [0.1, 0.15) is 28.8 Å². The van der Waals surface area contributed by atoms with Crippen LogP contribution in [0.5, 0.6) is 0 Å². The second-order valence-corrected chi connectivity index (χ2v) is 6.80. The molecular formula is C14H20N2O4S. The number of carbonyl (C=O) groups is 1. The molecule has 0 atom stereocenters. The number of primary sulfonamides is 1. The smallest absolute Gasteiger partial charge is 0.255 e. The number of carbonyl (C=O) groups excluding carboxylic acids is 1. The van der Waals surface area contributed by atoms with E-state index in [-0.39, 0.29) is 22.4 Å². The molecule has 1 saturated carbocycles. The van der Waals surface area contributed by atoms with Crippen molar-refractivity contribution < 1.29 is 17.9 Å². The van der Waals surface area contributed by atoms with Crippen molar-refractivity contribution in [2.24, 2.45) is 5.14 Å². The first kappa shape index (κ1) is 15.9. The van der Waals surface area contributed by atoms with E-state index in [2.05, 4.69) is 0 Å². The number of nitrogens with two attached hydrogens (primary N) is 1. The highest BCUT2D eigenvalue weighted by Gasteiger charge is 2.34. The first-order valence-corrected chi connectivity index (χ1v) is 8.32. The van der Waals surface area contributed by atoms with Gasteiger partial charge in [0.15, 0.2) is 0 Å². The van der Waals surface area contributed by atoms with E-state index in [1.807, 2.05) is 0 Å². The molecule has 116 valence electrons. The minimum atomic E-state index is -3.93. The van der Waals surface area contributed by atoms with Crippen LogP contribution in [0, 0.1) is 6.92 Å². The molecule has 0 radical (unpaired) electrons. The van der Waals surface area contributed by atoms with Gasteiger partial charge < -0.3 is 9.64 Å². The minimum Gasteiger partial charge on any atom is -0.383 e. The van der Waals surface area contributed by atoms with Crippen molar-refractivity contribution in [1.82, 2.24) is 4.90 Å². The van der Waals surface area contributed by atoms with Gasteiger partial charge in [0.2, 0.25) is 10.0 Å². The number of ether oxygens (including phenoxy) is 1. The molecule has 0 spiro atoms. The van der Waals surface area contributed by atoms with Crippen molar-refractivity contribution in [1.29, 1.82) is 0 Å². The van der Waals surface area contributed by atoms with Crippen LogP contribution < -0.4 is 5.14 Å². The molecule has 7 heteroatoms. The number of hydrogen-bond acceptors (Lipinski definition) is 4. The molecule has 6 nitrogen and oxygen atoms in total. The molecule has 2 rings (SSSR count). The van der Waals surface area contributed by atoms with Crippen molar-refractivity contribution in [3.63, 3.8) is 0 Å². The lowest BCUT2D eigenvalue weighted by Crippen LogP contribution is -2.37. The Balaban J connectivity index is 2.39. The lowest BCUT2D eigenvalue weighted by Gasteiger charge is -2.23. The topological polar surface area (TPSA) is 89.7 Å². The number of sulfonamides is 1. The molecule has 1 aromatic carbocycles. The molecule has 1 aliphatic carbocycles. The molecule has 0 bridgehead atoms. The maximum absolute atomic E-state index is 12.7. The van der Waals surface area contributed by atoms with Crippen LogP contribution in [0.2, 0.25) is 0 Å². The van der Waals surface area contributed by atoms with Crippen LogP contribution >= 0.6 is 0 Å². The molecule has 21 heavy (non-hydrogen) atoms. The molecule has 1 amide bonds. The fraction of sp³-hybridized carbons (Fsp3) is 0.500. The van der Waals surface area contributed by atoms with Crippen LogP contribution in [-0.2, 0) is 14.8 Å². The summed E-state index contributed by atoms with van der Waals surface area (Å²) in [7, 11) is -2.37. The number of methoxy groups -OCH3 is 1. The maximum atomic E-state index is 12.7. The number of rotatable bonds is 6. The molecular weight excluding hydrogens is 292 g/mol. The van der Waals surface area contributed by atoms with Crippen molar-refractivity contribution in [3.05, 3.63) is 29.3 Å². The second-order valence-electron chi connectivity index (χ2n) is 5.27. The molecule has 1 fully saturated rings. The van der Waals surface area contributed by atoms with E-state index in [1.54, 1.807) is 31.1 Å². The minimum absolute atomic E-state index is 0.124. The Morgan fingerprint density at radius 3 is 2.62 bits per heavy atom. The van der Waals surface area contributed by atoms with Gasteiger partial charge >= 0.3 is 0 Å². The summed E-state index contributed by atoms with van der Waals surface area (Å²) in [5, 5.41) is 5.21. The average molecular weight is 312 g/mol. The van der Waals surface area contributed by atoms with Gasteiger partial charge in [0.25, 0.3) is 5.91 Å². The highest BCUT2D eigenvalue weighted by atomic mass is 32.2. The van der Waals surface area contributed by atoms with Crippen LogP contribution in [0.25, 0.3) is 0 Å². The lowest BCUT2D eigenvalue weighted by atomic mass is 10.1. The molecule has 0 aliphatic heterocycles. The number of benzene rings is 1. The Bertz CT molecular complexity index is 638. The first-order chi connectivity index (χ1) is 9.84. The zero-order chi connectivity index (χ0) is 15.6. The van der Waals surface area contributed by atoms with E-state index in [4.69, 9.17) is 9.88 Å². The van der Waals surface area contributed by atoms with E-state index in [1.165, 1.54) is 6.07 Å². The van der Waals surface area contributed by atoms with Gasteiger partial charge in [-0.05, 0) is 31.9 Å². The average Bonchev–Trinajstić information content (AvgIpc) is 3.22. The van der Waals surface area contributed by atoms with Crippen molar-refractivity contribution >= 4 is 15.9 Å². The molecule has 0 unspecified atom stereocenters. The maximum Gasteiger partial charge on any atom is 0.255 e. The van der Waals surface area contributed by atoms with Gasteiger partial charge in [-0.3, -0.25) is 4.79 Å². The Labute approximate surface area is 124 Å². The van der Waals surface area contributed by atoms with Crippen LogP contribution in [0.15, 0.2) is 23.1 Å². The van der Waals surface area contributed by atoms with E-state index in [0.717, 1.165) is 18.4 Å². The quantitative estimate of drug-likeness (QED) is 0.845. The fourth-order valence-corrected chi connectivity index (χ4v) is 2.95. The van der Waals surface area contributed by atoms with Crippen molar-refractivity contribution in [2.75, 3.05) is 20.3 Å². The zero-order valence-electron chi connectivity index (χ0n) is 12.2. The number of aryl methyl sites for hydroxylation is 1. The molecule has 1 aliphatic rings. The third-order valence-corrected chi connectivity index (χ3v) is 4.43. The van der Waals surface area contributed by atoms with Crippen LogP contribution in [0.3, 0.4) is 0 Å². The van der Waals surface area contributed by atoms with Gasteiger partial charge in [-0.1, -0.05) is 11.6 Å². The van der Waals surface area contributed by atoms with Crippen molar-refractivity contribution in [3.8, 4) is 0 Å². The van der Waals surface area contributed by atoms with Gasteiger partial charge in [0.1, 0.15) is 0 Å². The van der Waals surface area contributed by atoms with Gasteiger partial charge in [-0.15, -0.1) is 0 Å². The van der Waals surface area contributed by atoms with Gasteiger partial charge in [0, 0.05) is 19.7 Å². The third-order valence-electron chi connectivity index (χ3n) is 3.46. The summed E-state index contributed by atoms with van der Waals surface area (Å²) in [5.41, 5.74) is 0.953. The zero-order valence-corrected chi connectivity index (χ0v) is 13.0. The van der Waals surface area contributed by atoms with Crippen LogP contribution in [0.4, 0.5) is 0 Å². The monoisotopic (exact) mass is 312 g/mol. The SMILES string of the molecule is COCCN(C(=O)c1cc(C)ccc1S(N)(=O)=O)C1CC1. The number of nitrogens with zero attached hydrogens (tertiary/aromatic N) is 1. The summed E-state index contributed by atoms with van der Waals surface area (Å²) >= 11 is 0. The Hall–Kier alpha value is -1.44. The predicted molar refractivity (Wildman–Crippen MR) is 78.5 cm³/mol. The molecule has 1 aromatic rings. The Morgan fingerprint density at radius 2 is 2.10 bits per heavy atom. The van der Waals surface area contributed by atoms with Crippen molar-refractivity contribution in [2.45, 2.75) is 30.7 Å². The summed E-state index contributed by atoms with van der Waals surface area (Å²) in [4.78, 5) is 14.3. The highest BCUT2D eigenvalue weighted by Crippen LogP contribution is 2.29. The van der Waals surface area contributed by atoms with E-state index in [9.17, 15) is 13.2 Å². The summed E-state index contributed by atoms with van der Waals surface area (Å²) in [6.45, 7) is 2.66. The highest BCUT2D eigenvalue weighted by molar-refractivity contribution is 7.89. The van der Waals surface area contributed by atoms with Crippen LogP contribution in [-0.4, -0.2) is 45.5 Å². The summed E-state index contributed by atoms with van der Waals surface area (Å²) in [6, 6.07) is 4.76. The number of hydrogen-bond donors (Lipinski definition) is 1. The van der Waals surface area contributed by atoms with Gasteiger partial charge in [0.05, 0.1) is 17.1 Å². The van der Waals surface area contributed by atoms with E-state index in [0.29, 0.717) is 13.2 Å². The Morgan fingerprint density at radius 1 is 1.43 bits per heavy atom. The van der Waals surface area contributed by atoms with E-state index < -0.39 is 10.0 Å². The second kappa shape index (κ2) is 6.13. The molecule has 0 aromatic heterocycles. The first-order valence-electron chi connectivity index (χ1n) is 6.78.